The Kier molecular flexibility index (Phi) is 4.85. The molecule has 1 aromatic carbocycles. The predicted molar refractivity (Wildman–Crippen MR) is 72.9 cm³/mol. The van der Waals surface area contributed by atoms with Crippen LogP contribution in [-0.4, -0.2) is 26.0 Å². The molecular weight excluding hydrogens is 266 g/mol. The maximum atomic E-state index is 12.1. The molecule has 0 atom stereocenters. The standard InChI is InChI=1S/C13H17NO4S/c1-4-5-6-14-19(17,18)12-8-11(13(15)16)7-9(2)10(12)3/h4,7-8,14H,1,5-6H2,2-3H3,(H,15,16). The molecule has 1 rings (SSSR count). The predicted octanol–water partition coefficient (Wildman–Crippen LogP) is 1.86. The lowest BCUT2D eigenvalue weighted by Gasteiger charge is -2.12. The van der Waals surface area contributed by atoms with Gasteiger partial charge in [-0.2, -0.15) is 0 Å². The van der Waals surface area contributed by atoms with Gasteiger partial charge in [-0.3, -0.25) is 0 Å². The van der Waals surface area contributed by atoms with Crippen molar-refractivity contribution in [2.75, 3.05) is 6.54 Å². The molecule has 0 saturated carbocycles. The second-order valence-corrected chi connectivity index (χ2v) is 5.93. The number of rotatable bonds is 6. The molecule has 0 saturated heterocycles. The van der Waals surface area contributed by atoms with Gasteiger partial charge in [-0.15, -0.1) is 6.58 Å². The Labute approximate surface area is 113 Å². The lowest BCUT2D eigenvalue weighted by molar-refractivity contribution is 0.0696. The van der Waals surface area contributed by atoms with Crippen LogP contribution in [0.15, 0.2) is 29.7 Å². The fraction of sp³-hybridized carbons (Fsp3) is 0.308. The molecule has 0 unspecified atom stereocenters. The molecule has 0 heterocycles. The zero-order valence-electron chi connectivity index (χ0n) is 10.9. The minimum atomic E-state index is -3.70. The van der Waals surface area contributed by atoms with E-state index in [2.05, 4.69) is 11.3 Å². The quantitative estimate of drug-likeness (QED) is 0.616. The number of hydrogen-bond acceptors (Lipinski definition) is 3. The van der Waals surface area contributed by atoms with Crippen molar-refractivity contribution in [3.05, 3.63) is 41.5 Å². The maximum absolute atomic E-state index is 12.1. The Bertz CT molecular complexity index is 605. The van der Waals surface area contributed by atoms with Gasteiger partial charge in [0.15, 0.2) is 0 Å². The van der Waals surface area contributed by atoms with E-state index in [1.165, 1.54) is 12.1 Å². The minimum absolute atomic E-state index is 0.00830. The summed E-state index contributed by atoms with van der Waals surface area (Å²) in [6, 6.07) is 2.64. The highest BCUT2D eigenvalue weighted by Crippen LogP contribution is 2.21. The lowest BCUT2D eigenvalue weighted by Crippen LogP contribution is -2.25. The summed E-state index contributed by atoms with van der Waals surface area (Å²) in [6.45, 7) is 7.09. The van der Waals surface area contributed by atoms with Gasteiger partial charge in [0.25, 0.3) is 0 Å². The van der Waals surface area contributed by atoms with Crippen LogP contribution >= 0.6 is 0 Å². The number of carboxylic acid groups (broad SMARTS) is 1. The molecular formula is C13H17NO4S. The summed E-state index contributed by atoms with van der Waals surface area (Å²) in [6.07, 6.45) is 2.12. The van der Waals surface area contributed by atoms with E-state index in [1.54, 1.807) is 19.9 Å². The molecule has 0 aliphatic carbocycles. The minimum Gasteiger partial charge on any atom is -0.478 e. The number of carbonyl (C=O) groups is 1. The van der Waals surface area contributed by atoms with Gasteiger partial charge in [-0.25, -0.2) is 17.9 Å². The fourth-order valence-electron chi connectivity index (χ4n) is 1.60. The van der Waals surface area contributed by atoms with E-state index in [1.807, 2.05) is 0 Å². The van der Waals surface area contributed by atoms with E-state index in [0.29, 0.717) is 17.5 Å². The van der Waals surface area contributed by atoms with E-state index in [9.17, 15) is 13.2 Å². The van der Waals surface area contributed by atoms with Crippen molar-refractivity contribution in [3.8, 4) is 0 Å². The molecule has 5 nitrogen and oxygen atoms in total. The molecule has 0 fully saturated rings. The number of benzene rings is 1. The maximum Gasteiger partial charge on any atom is 0.335 e. The smallest absolute Gasteiger partial charge is 0.335 e. The lowest BCUT2D eigenvalue weighted by atomic mass is 10.1. The third kappa shape index (κ3) is 3.65. The zero-order chi connectivity index (χ0) is 14.6. The first kappa shape index (κ1) is 15.4. The molecule has 2 N–H and O–H groups in total. The average Bonchev–Trinajstić information content (AvgIpc) is 2.32. The Balaban J connectivity index is 3.25. The molecule has 19 heavy (non-hydrogen) atoms. The number of nitrogens with one attached hydrogen (secondary N) is 1. The number of aromatic carboxylic acids is 1. The van der Waals surface area contributed by atoms with Gasteiger partial charge in [0.05, 0.1) is 10.5 Å². The molecule has 104 valence electrons. The van der Waals surface area contributed by atoms with Crippen LogP contribution < -0.4 is 4.72 Å². The van der Waals surface area contributed by atoms with Crippen LogP contribution in [0.2, 0.25) is 0 Å². The number of hydrogen-bond donors (Lipinski definition) is 2. The third-order valence-corrected chi connectivity index (χ3v) is 4.38. The van der Waals surface area contributed by atoms with Gasteiger partial charge in [-0.1, -0.05) is 6.08 Å². The summed E-state index contributed by atoms with van der Waals surface area (Å²) in [5.74, 6) is -1.15. The van der Waals surface area contributed by atoms with Crippen LogP contribution in [0.4, 0.5) is 0 Å². The van der Waals surface area contributed by atoms with Crippen LogP contribution in [0.3, 0.4) is 0 Å². The second-order valence-electron chi connectivity index (χ2n) is 4.20. The Hall–Kier alpha value is -1.66. The SMILES string of the molecule is C=CCCNS(=O)(=O)c1cc(C(=O)O)cc(C)c1C. The molecule has 0 spiro atoms. The van der Waals surface area contributed by atoms with Gasteiger partial charge in [0, 0.05) is 6.54 Å². The molecule has 0 bridgehead atoms. The summed E-state index contributed by atoms with van der Waals surface area (Å²) in [7, 11) is -3.70. The van der Waals surface area contributed by atoms with Crippen molar-refractivity contribution in [1.29, 1.82) is 0 Å². The summed E-state index contributed by atoms with van der Waals surface area (Å²) < 4.78 is 26.7. The van der Waals surface area contributed by atoms with E-state index in [-0.39, 0.29) is 17.0 Å². The monoisotopic (exact) mass is 283 g/mol. The topological polar surface area (TPSA) is 83.5 Å². The van der Waals surface area contributed by atoms with E-state index in [4.69, 9.17) is 5.11 Å². The molecule has 6 heteroatoms. The zero-order valence-corrected chi connectivity index (χ0v) is 11.8. The number of aryl methyl sites for hydroxylation is 1. The van der Waals surface area contributed by atoms with Gasteiger partial charge in [0.1, 0.15) is 0 Å². The van der Waals surface area contributed by atoms with Crippen molar-refractivity contribution < 1.29 is 18.3 Å². The Morgan fingerprint density at radius 3 is 2.58 bits per heavy atom. The first-order valence-corrected chi connectivity index (χ1v) is 7.23. The van der Waals surface area contributed by atoms with Crippen LogP contribution in [-0.2, 0) is 10.0 Å². The van der Waals surface area contributed by atoms with E-state index < -0.39 is 16.0 Å². The summed E-state index contributed by atoms with van der Waals surface area (Å²) in [5, 5.41) is 8.98. The highest BCUT2D eigenvalue weighted by atomic mass is 32.2. The van der Waals surface area contributed by atoms with Crippen LogP contribution in [0.1, 0.15) is 27.9 Å². The van der Waals surface area contributed by atoms with E-state index >= 15 is 0 Å². The fourth-order valence-corrected chi connectivity index (χ4v) is 2.99. The van der Waals surface area contributed by atoms with Crippen molar-refractivity contribution in [2.24, 2.45) is 0 Å². The molecule has 0 aromatic heterocycles. The third-order valence-electron chi connectivity index (χ3n) is 2.80. The first-order chi connectivity index (χ1) is 8.79. The molecule has 0 aliphatic rings. The molecule has 0 aliphatic heterocycles. The normalized spacial score (nSPS) is 11.3. The largest absolute Gasteiger partial charge is 0.478 e. The second kappa shape index (κ2) is 5.99. The highest BCUT2D eigenvalue weighted by Gasteiger charge is 2.20. The van der Waals surface area contributed by atoms with Crippen LogP contribution in [0, 0.1) is 13.8 Å². The highest BCUT2D eigenvalue weighted by molar-refractivity contribution is 7.89. The van der Waals surface area contributed by atoms with Gasteiger partial charge < -0.3 is 5.11 Å². The summed E-state index contributed by atoms with van der Waals surface area (Å²) in [5.41, 5.74) is 1.15. The van der Waals surface area contributed by atoms with Crippen molar-refractivity contribution in [3.63, 3.8) is 0 Å². The average molecular weight is 283 g/mol. The molecule has 1 aromatic rings. The summed E-state index contributed by atoms with van der Waals surface area (Å²) in [4.78, 5) is 11.0. The number of sulfonamides is 1. The van der Waals surface area contributed by atoms with Crippen molar-refractivity contribution in [1.82, 2.24) is 4.72 Å². The van der Waals surface area contributed by atoms with Crippen LogP contribution in [0.5, 0.6) is 0 Å². The van der Waals surface area contributed by atoms with E-state index in [0.717, 1.165) is 0 Å². The van der Waals surface area contributed by atoms with Gasteiger partial charge in [-0.05, 0) is 43.5 Å². The first-order valence-electron chi connectivity index (χ1n) is 5.74. The Morgan fingerprint density at radius 2 is 2.05 bits per heavy atom. The van der Waals surface area contributed by atoms with Crippen molar-refractivity contribution in [2.45, 2.75) is 25.2 Å². The molecule has 0 amide bonds. The van der Waals surface area contributed by atoms with Gasteiger partial charge >= 0.3 is 5.97 Å². The Morgan fingerprint density at radius 1 is 1.42 bits per heavy atom. The molecule has 0 radical (unpaired) electrons. The van der Waals surface area contributed by atoms with Crippen molar-refractivity contribution >= 4 is 16.0 Å². The van der Waals surface area contributed by atoms with Crippen LogP contribution in [0.25, 0.3) is 0 Å². The summed E-state index contributed by atoms with van der Waals surface area (Å²) >= 11 is 0. The van der Waals surface area contributed by atoms with Gasteiger partial charge in [0.2, 0.25) is 10.0 Å². The number of carboxylic acids is 1.